The van der Waals surface area contributed by atoms with Gasteiger partial charge in [-0.3, -0.25) is 4.79 Å². The second-order valence-corrected chi connectivity index (χ2v) is 6.08. The zero-order valence-electron chi connectivity index (χ0n) is 10.9. The number of hydrogen-bond donors (Lipinski definition) is 0. The molecule has 20 heavy (non-hydrogen) atoms. The van der Waals surface area contributed by atoms with Gasteiger partial charge in [0.1, 0.15) is 10.4 Å². The lowest BCUT2D eigenvalue weighted by Gasteiger charge is -2.38. The third kappa shape index (κ3) is 1.80. The summed E-state index contributed by atoms with van der Waals surface area (Å²) in [4.78, 5) is 20.2. The molecule has 0 saturated carbocycles. The van der Waals surface area contributed by atoms with Gasteiger partial charge in [-0.1, -0.05) is 0 Å². The lowest BCUT2D eigenvalue weighted by atomic mass is 10.1. The maximum absolute atomic E-state index is 11.7. The minimum atomic E-state index is 0.301. The molecule has 2 aliphatic rings. The summed E-state index contributed by atoms with van der Waals surface area (Å²) in [6.07, 6.45) is 3.41. The Morgan fingerprint density at radius 2 is 2.20 bits per heavy atom. The summed E-state index contributed by atoms with van der Waals surface area (Å²) in [6.45, 7) is 2.51. The van der Waals surface area contributed by atoms with E-state index in [1.54, 1.807) is 10.7 Å². The Hall–Kier alpha value is -1.63. The number of carbonyl (C=O) groups is 1. The number of piperazine rings is 1. The van der Waals surface area contributed by atoms with E-state index in [0.29, 0.717) is 18.4 Å². The number of hydrogen-bond acceptors (Lipinski definition) is 4. The van der Waals surface area contributed by atoms with Gasteiger partial charge < -0.3 is 9.80 Å². The predicted molar refractivity (Wildman–Crippen MR) is 77.6 cm³/mol. The summed E-state index contributed by atoms with van der Waals surface area (Å²) in [5.74, 6) is 1.24. The summed E-state index contributed by atoms with van der Waals surface area (Å²) in [5.41, 5.74) is 0.829. The Kier molecular flexibility index (Phi) is 2.70. The molecule has 1 unspecified atom stereocenters. The average molecular weight is 336 g/mol. The van der Waals surface area contributed by atoms with Crippen molar-refractivity contribution in [1.82, 2.24) is 19.5 Å². The molecule has 2 aliphatic heterocycles. The van der Waals surface area contributed by atoms with Gasteiger partial charge in [-0.25, -0.2) is 9.50 Å². The molecule has 0 aromatic carbocycles. The van der Waals surface area contributed by atoms with E-state index in [1.807, 2.05) is 17.0 Å². The van der Waals surface area contributed by atoms with Crippen LogP contribution in [0, 0.1) is 0 Å². The number of halogens is 1. The Bertz CT molecular complexity index is 684. The number of anilines is 1. The summed E-state index contributed by atoms with van der Waals surface area (Å²) >= 11 is 3.44. The van der Waals surface area contributed by atoms with Crippen molar-refractivity contribution in [3.05, 3.63) is 22.9 Å². The van der Waals surface area contributed by atoms with E-state index in [-0.39, 0.29) is 0 Å². The highest BCUT2D eigenvalue weighted by atomic mass is 79.9. The second-order valence-electron chi connectivity index (χ2n) is 5.27. The minimum Gasteiger partial charge on any atom is -0.351 e. The van der Waals surface area contributed by atoms with Crippen LogP contribution in [0.15, 0.2) is 22.9 Å². The number of fused-ring (bicyclic) bond motifs is 2. The Labute approximate surface area is 124 Å². The van der Waals surface area contributed by atoms with Gasteiger partial charge in [0, 0.05) is 32.1 Å². The lowest BCUT2D eigenvalue weighted by Crippen LogP contribution is -2.51. The van der Waals surface area contributed by atoms with E-state index in [9.17, 15) is 4.79 Å². The molecule has 1 atom stereocenters. The van der Waals surface area contributed by atoms with Crippen molar-refractivity contribution in [3.63, 3.8) is 0 Å². The van der Waals surface area contributed by atoms with Crippen LogP contribution in [0.5, 0.6) is 0 Å². The first kappa shape index (κ1) is 12.1. The molecule has 2 aromatic heterocycles. The van der Waals surface area contributed by atoms with Gasteiger partial charge in [0.2, 0.25) is 5.91 Å². The van der Waals surface area contributed by atoms with Crippen LogP contribution >= 0.6 is 15.9 Å². The fourth-order valence-corrected chi connectivity index (χ4v) is 3.44. The standard InChI is InChI=1S/C13H14BrN5O/c14-10-7-15-11-2-3-12(16-19(10)11)17-5-6-18-9(8-17)1-4-13(18)20/h2-3,7,9H,1,4-6,8H2. The highest BCUT2D eigenvalue weighted by molar-refractivity contribution is 9.10. The molecule has 2 saturated heterocycles. The first-order chi connectivity index (χ1) is 9.72. The molecular formula is C13H14BrN5O. The number of carbonyl (C=O) groups excluding carboxylic acids is 1. The molecule has 0 bridgehead atoms. The van der Waals surface area contributed by atoms with Crippen LogP contribution in [0.25, 0.3) is 5.65 Å². The van der Waals surface area contributed by atoms with E-state index in [2.05, 4.69) is 30.9 Å². The van der Waals surface area contributed by atoms with Gasteiger partial charge in [-0.2, -0.15) is 0 Å². The van der Waals surface area contributed by atoms with Crippen molar-refractivity contribution in [2.75, 3.05) is 24.5 Å². The summed E-state index contributed by atoms with van der Waals surface area (Å²) < 4.78 is 2.64. The molecule has 7 heteroatoms. The summed E-state index contributed by atoms with van der Waals surface area (Å²) in [7, 11) is 0. The van der Waals surface area contributed by atoms with Gasteiger partial charge in [-0.05, 0) is 34.5 Å². The first-order valence-corrected chi connectivity index (χ1v) is 7.56. The lowest BCUT2D eigenvalue weighted by molar-refractivity contribution is -0.129. The third-order valence-corrected chi connectivity index (χ3v) is 4.67. The van der Waals surface area contributed by atoms with Crippen LogP contribution in [0.3, 0.4) is 0 Å². The van der Waals surface area contributed by atoms with Crippen LogP contribution in [-0.4, -0.2) is 51.1 Å². The number of amides is 1. The van der Waals surface area contributed by atoms with Crippen molar-refractivity contribution in [3.8, 4) is 0 Å². The van der Waals surface area contributed by atoms with Crippen molar-refractivity contribution >= 4 is 33.3 Å². The van der Waals surface area contributed by atoms with E-state index < -0.39 is 0 Å². The number of imidazole rings is 1. The quantitative estimate of drug-likeness (QED) is 0.788. The van der Waals surface area contributed by atoms with Crippen LogP contribution in [0.1, 0.15) is 12.8 Å². The normalized spacial score (nSPS) is 22.6. The zero-order chi connectivity index (χ0) is 13.7. The Morgan fingerprint density at radius 3 is 3.10 bits per heavy atom. The van der Waals surface area contributed by atoms with Crippen molar-refractivity contribution in [1.29, 1.82) is 0 Å². The van der Waals surface area contributed by atoms with Gasteiger partial charge in [0.25, 0.3) is 0 Å². The smallest absolute Gasteiger partial charge is 0.223 e. The second kappa shape index (κ2) is 4.44. The molecule has 0 radical (unpaired) electrons. The molecule has 2 aromatic rings. The molecule has 0 N–H and O–H groups in total. The molecule has 0 spiro atoms. The average Bonchev–Trinajstić information content (AvgIpc) is 3.03. The van der Waals surface area contributed by atoms with Crippen LogP contribution in [0.2, 0.25) is 0 Å². The Morgan fingerprint density at radius 1 is 1.30 bits per heavy atom. The molecule has 4 rings (SSSR count). The van der Waals surface area contributed by atoms with Crippen molar-refractivity contribution in [2.45, 2.75) is 18.9 Å². The van der Waals surface area contributed by atoms with Gasteiger partial charge in [0.05, 0.1) is 6.20 Å². The number of rotatable bonds is 1. The summed E-state index contributed by atoms with van der Waals surface area (Å²) in [5, 5.41) is 4.62. The van der Waals surface area contributed by atoms with Crippen molar-refractivity contribution < 1.29 is 4.79 Å². The van der Waals surface area contributed by atoms with Gasteiger partial charge in [-0.15, -0.1) is 5.10 Å². The zero-order valence-corrected chi connectivity index (χ0v) is 12.5. The molecule has 1 amide bonds. The van der Waals surface area contributed by atoms with E-state index in [0.717, 1.165) is 42.1 Å². The predicted octanol–water partition coefficient (Wildman–Crippen LogP) is 1.30. The first-order valence-electron chi connectivity index (χ1n) is 6.77. The maximum Gasteiger partial charge on any atom is 0.223 e. The monoisotopic (exact) mass is 335 g/mol. The molecular weight excluding hydrogens is 322 g/mol. The maximum atomic E-state index is 11.7. The molecule has 4 heterocycles. The largest absolute Gasteiger partial charge is 0.351 e. The summed E-state index contributed by atoms with van der Waals surface area (Å²) in [6, 6.07) is 4.32. The minimum absolute atomic E-state index is 0.301. The SMILES string of the molecule is O=C1CCC2CN(c3ccc4ncc(Br)n4n3)CCN12. The van der Waals surface area contributed by atoms with Crippen molar-refractivity contribution in [2.24, 2.45) is 0 Å². The number of nitrogens with zero attached hydrogens (tertiary/aromatic N) is 5. The van der Waals surface area contributed by atoms with Gasteiger partial charge >= 0.3 is 0 Å². The molecule has 0 aliphatic carbocycles. The highest BCUT2D eigenvalue weighted by Crippen LogP contribution is 2.25. The van der Waals surface area contributed by atoms with E-state index in [4.69, 9.17) is 0 Å². The molecule has 6 nitrogen and oxygen atoms in total. The van der Waals surface area contributed by atoms with E-state index >= 15 is 0 Å². The molecule has 2 fully saturated rings. The fraction of sp³-hybridized carbons (Fsp3) is 0.462. The third-order valence-electron chi connectivity index (χ3n) is 4.13. The number of aromatic nitrogens is 3. The van der Waals surface area contributed by atoms with Crippen LogP contribution < -0.4 is 4.90 Å². The highest BCUT2D eigenvalue weighted by Gasteiger charge is 2.35. The Balaban J connectivity index is 1.63. The van der Waals surface area contributed by atoms with Crippen LogP contribution in [0.4, 0.5) is 5.82 Å². The topological polar surface area (TPSA) is 53.7 Å². The van der Waals surface area contributed by atoms with Crippen LogP contribution in [-0.2, 0) is 4.79 Å². The van der Waals surface area contributed by atoms with E-state index in [1.165, 1.54) is 0 Å². The van der Waals surface area contributed by atoms with Gasteiger partial charge in [0.15, 0.2) is 5.65 Å². The fourth-order valence-electron chi connectivity index (χ4n) is 3.08. The molecule has 104 valence electrons.